The summed E-state index contributed by atoms with van der Waals surface area (Å²) in [6.07, 6.45) is 44.0. The number of phosphoric acid groups is 1. The van der Waals surface area contributed by atoms with E-state index >= 15 is 0 Å². The van der Waals surface area contributed by atoms with Gasteiger partial charge in [-0.1, -0.05) is 193 Å². The van der Waals surface area contributed by atoms with Crippen LogP contribution in [0.2, 0.25) is 0 Å². The maximum absolute atomic E-state index is 12.7. The molecule has 0 aromatic rings. The molecular weight excluding hydrogens is 750 g/mol. The molecule has 0 radical (unpaired) electrons. The van der Waals surface area contributed by atoms with Gasteiger partial charge in [0, 0.05) is 12.8 Å². The molecular formula is C48H95NO8P+. The summed E-state index contributed by atoms with van der Waals surface area (Å²) >= 11 is 0. The fourth-order valence-electron chi connectivity index (χ4n) is 6.95. The van der Waals surface area contributed by atoms with Gasteiger partial charge in [0.25, 0.3) is 0 Å². The minimum absolute atomic E-state index is 0.0337. The van der Waals surface area contributed by atoms with Crippen LogP contribution in [-0.2, 0) is 32.7 Å². The molecule has 9 nitrogen and oxygen atoms in total. The van der Waals surface area contributed by atoms with E-state index in [2.05, 4.69) is 26.0 Å². The molecule has 0 saturated carbocycles. The molecule has 0 spiro atoms. The number of unbranched alkanes of at least 4 members (excludes halogenated alkanes) is 29. The van der Waals surface area contributed by atoms with E-state index < -0.39 is 26.5 Å². The van der Waals surface area contributed by atoms with Gasteiger partial charge in [-0.15, -0.1) is 0 Å². The highest BCUT2D eigenvalue weighted by atomic mass is 31.2. The Labute approximate surface area is 358 Å². The third kappa shape index (κ3) is 44.3. The monoisotopic (exact) mass is 845 g/mol. The van der Waals surface area contributed by atoms with Crippen molar-refractivity contribution in [3.05, 3.63) is 12.2 Å². The first-order valence-corrected chi connectivity index (χ1v) is 25.9. The van der Waals surface area contributed by atoms with Crippen LogP contribution < -0.4 is 0 Å². The highest BCUT2D eigenvalue weighted by molar-refractivity contribution is 7.47. The first-order chi connectivity index (χ1) is 28.0. The Kier molecular flexibility index (Phi) is 40.2. The Morgan fingerprint density at radius 2 is 0.879 bits per heavy atom. The zero-order valence-electron chi connectivity index (χ0n) is 38.8. The number of phosphoric ester groups is 1. The van der Waals surface area contributed by atoms with Crippen molar-refractivity contribution in [1.82, 2.24) is 0 Å². The zero-order valence-corrected chi connectivity index (χ0v) is 39.7. The van der Waals surface area contributed by atoms with Gasteiger partial charge in [-0.2, -0.15) is 0 Å². The van der Waals surface area contributed by atoms with Crippen LogP contribution >= 0.6 is 7.82 Å². The first kappa shape index (κ1) is 56.8. The maximum Gasteiger partial charge on any atom is 0.472 e. The van der Waals surface area contributed by atoms with E-state index in [4.69, 9.17) is 18.5 Å². The van der Waals surface area contributed by atoms with Crippen LogP contribution in [0.1, 0.15) is 232 Å². The molecule has 0 aromatic carbocycles. The summed E-state index contributed by atoms with van der Waals surface area (Å²) in [6, 6.07) is 0. The molecule has 10 heteroatoms. The van der Waals surface area contributed by atoms with Crippen LogP contribution in [0.5, 0.6) is 0 Å². The zero-order chi connectivity index (χ0) is 42.8. The number of nitrogens with zero attached hydrogens (tertiary/aromatic N) is 1. The van der Waals surface area contributed by atoms with Crippen LogP contribution in [0.4, 0.5) is 0 Å². The van der Waals surface area contributed by atoms with Crippen LogP contribution in [0, 0.1) is 0 Å². The minimum atomic E-state index is -4.37. The molecule has 0 aromatic heterocycles. The van der Waals surface area contributed by atoms with Crippen LogP contribution in [0.15, 0.2) is 12.2 Å². The molecule has 0 heterocycles. The number of ether oxygens (including phenoxy) is 2. The molecule has 58 heavy (non-hydrogen) atoms. The molecule has 0 saturated heterocycles. The lowest BCUT2D eigenvalue weighted by Crippen LogP contribution is -2.37. The summed E-state index contributed by atoms with van der Waals surface area (Å²) in [5, 5.41) is 0. The SMILES string of the molecule is CCCCCC/C=C/CCCCCCCC(=O)OC[C@H](COP(=O)(O)OCC[N+](C)(C)C)OC(=O)CCCCCCCCCCCCCCCCCCCCCCC. The van der Waals surface area contributed by atoms with Gasteiger partial charge < -0.3 is 18.9 Å². The average molecular weight is 845 g/mol. The fourth-order valence-corrected chi connectivity index (χ4v) is 7.69. The normalized spacial score (nSPS) is 13.6. The highest BCUT2D eigenvalue weighted by Gasteiger charge is 2.27. The number of likely N-dealkylation sites (N-methyl/N-ethyl adjacent to an activating group) is 1. The number of allylic oxidation sites excluding steroid dienone is 2. The van der Waals surface area contributed by atoms with Gasteiger partial charge in [0.1, 0.15) is 19.8 Å². The lowest BCUT2D eigenvalue weighted by Gasteiger charge is -2.24. The van der Waals surface area contributed by atoms with E-state index in [-0.39, 0.29) is 32.0 Å². The molecule has 0 aliphatic carbocycles. The molecule has 0 amide bonds. The summed E-state index contributed by atoms with van der Waals surface area (Å²) in [5.41, 5.74) is 0. The van der Waals surface area contributed by atoms with Gasteiger partial charge in [-0.3, -0.25) is 18.6 Å². The van der Waals surface area contributed by atoms with E-state index in [1.54, 1.807) is 0 Å². The number of esters is 2. The Balaban J connectivity index is 4.22. The molecule has 0 rings (SSSR count). The number of carbonyl (C=O) groups excluding carboxylic acids is 2. The second kappa shape index (κ2) is 41.1. The Morgan fingerprint density at radius 3 is 1.29 bits per heavy atom. The predicted octanol–water partition coefficient (Wildman–Crippen LogP) is 14.1. The van der Waals surface area contributed by atoms with Crippen molar-refractivity contribution in [3.63, 3.8) is 0 Å². The smallest absolute Gasteiger partial charge is 0.462 e. The molecule has 0 aliphatic rings. The third-order valence-corrected chi connectivity index (χ3v) is 11.8. The number of quaternary nitrogens is 1. The van der Waals surface area contributed by atoms with Crippen molar-refractivity contribution in [2.75, 3.05) is 47.5 Å². The number of rotatable bonds is 45. The number of carbonyl (C=O) groups is 2. The van der Waals surface area contributed by atoms with E-state index in [0.29, 0.717) is 17.4 Å². The third-order valence-electron chi connectivity index (χ3n) is 10.8. The second-order valence-corrected chi connectivity index (χ2v) is 19.3. The molecule has 1 N–H and O–H groups in total. The highest BCUT2D eigenvalue weighted by Crippen LogP contribution is 2.43. The standard InChI is InChI=1S/C48H94NO8P/c1-6-8-10-12-14-16-18-20-21-22-23-24-25-26-27-29-31-33-35-37-39-41-48(51)57-46(45-56-58(52,53)55-43-42-49(3,4)5)44-54-47(50)40-38-36-34-32-30-28-19-17-15-13-11-9-7-2/h17,19,46H,6-16,18,20-45H2,1-5H3/p+1/b19-17+/t46-/m1/s1. The molecule has 2 atom stereocenters. The van der Waals surface area contributed by atoms with Crippen molar-refractivity contribution < 1.29 is 42.1 Å². The molecule has 1 unspecified atom stereocenters. The van der Waals surface area contributed by atoms with Crippen molar-refractivity contribution in [2.45, 2.75) is 238 Å². The Morgan fingerprint density at radius 1 is 0.517 bits per heavy atom. The van der Waals surface area contributed by atoms with Gasteiger partial charge in [0.2, 0.25) is 0 Å². The van der Waals surface area contributed by atoms with Crippen LogP contribution in [-0.4, -0.2) is 74.9 Å². The molecule has 0 aliphatic heterocycles. The predicted molar refractivity (Wildman–Crippen MR) is 243 cm³/mol. The first-order valence-electron chi connectivity index (χ1n) is 24.4. The van der Waals surface area contributed by atoms with Crippen molar-refractivity contribution >= 4 is 19.8 Å². The van der Waals surface area contributed by atoms with Gasteiger partial charge in [-0.05, 0) is 38.5 Å². The summed E-state index contributed by atoms with van der Waals surface area (Å²) < 4.78 is 34.4. The van der Waals surface area contributed by atoms with Gasteiger partial charge in [-0.25, -0.2) is 4.57 Å². The minimum Gasteiger partial charge on any atom is -0.462 e. The van der Waals surface area contributed by atoms with Crippen molar-refractivity contribution in [2.24, 2.45) is 0 Å². The van der Waals surface area contributed by atoms with Crippen LogP contribution in [0.3, 0.4) is 0 Å². The lowest BCUT2D eigenvalue weighted by molar-refractivity contribution is -0.870. The van der Waals surface area contributed by atoms with E-state index in [1.807, 2.05) is 21.1 Å². The van der Waals surface area contributed by atoms with Crippen molar-refractivity contribution in [1.29, 1.82) is 0 Å². The largest absolute Gasteiger partial charge is 0.472 e. The van der Waals surface area contributed by atoms with E-state index in [0.717, 1.165) is 51.4 Å². The van der Waals surface area contributed by atoms with E-state index in [9.17, 15) is 19.0 Å². The van der Waals surface area contributed by atoms with Crippen molar-refractivity contribution in [3.8, 4) is 0 Å². The van der Waals surface area contributed by atoms with Gasteiger partial charge >= 0.3 is 19.8 Å². The average Bonchev–Trinajstić information content (AvgIpc) is 3.17. The summed E-state index contributed by atoms with van der Waals surface area (Å²) in [5.74, 6) is -0.796. The fraction of sp³-hybridized carbons (Fsp3) is 0.917. The summed E-state index contributed by atoms with van der Waals surface area (Å²) in [6.45, 7) is 4.44. The summed E-state index contributed by atoms with van der Waals surface area (Å²) in [4.78, 5) is 35.4. The molecule has 344 valence electrons. The Hall–Kier alpha value is -1.25. The van der Waals surface area contributed by atoms with Gasteiger partial charge in [0.05, 0.1) is 27.7 Å². The van der Waals surface area contributed by atoms with Gasteiger partial charge in [0.15, 0.2) is 6.10 Å². The second-order valence-electron chi connectivity index (χ2n) is 17.9. The lowest BCUT2D eigenvalue weighted by atomic mass is 10.0. The van der Waals surface area contributed by atoms with Crippen LogP contribution in [0.25, 0.3) is 0 Å². The molecule has 0 bridgehead atoms. The quantitative estimate of drug-likeness (QED) is 0.0212. The Bertz CT molecular complexity index is 1000. The topological polar surface area (TPSA) is 108 Å². The molecule has 0 fully saturated rings. The number of hydrogen-bond donors (Lipinski definition) is 1. The maximum atomic E-state index is 12.7. The number of hydrogen-bond acceptors (Lipinski definition) is 7. The summed E-state index contributed by atoms with van der Waals surface area (Å²) in [7, 11) is 1.48. The van der Waals surface area contributed by atoms with E-state index in [1.165, 1.54) is 148 Å².